The summed E-state index contributed by atoms with van der Waals surface area (Å²) in [6, 6.07) is 13.4. The number of benzene rings is 2. The van der Waals surface area contributed by atoms with Crippen molar-refractivity contribution in [2.75, 3.05) is 5.32 Å². The van der Waals surface area contributed by atoms with Gasteiger partial charge in [0.2, 0.25) is 5.91 Å². The first-order valence-corrected chi connectivity index (χ1v) is 11.7. The third-order valence-electron chi connectivity index (χ3n) is 8.04. The van der Waals surface area contributed by atoms with Gasteiger partial charge in [0.25, 0.3) is 0 Å². The van der Waals surface area contributed by atoms with Crippen LogP contribution in [-0.2, 0) is 16.6 Å². The summed E-state index contributed by atoms with van der Waals surface area (Å²) in [5.74, 6) is 1.13. The molecule has 2 aromatic rings. The van der Waals surface area contributed by atoms with Crippen LogP contribution >= 0.6 is 0 Å². The lowest BCUT2D eigenvalue weighted by Crippen LogP contribution is -2.53. The van der Waals surface area contributed by atoms with Crippen LogP contribution in [0.3, 0.4) is 0 Å². The molecule has 0 saturated heterocycles. The molecular weight excluding hydrogens is 366 g/mol. The van der Waals surface area contributed by atoms with Gasteiger partial charge in [-0.25, -0.2) is 0 Å². The van der Waals surface area contributed by atoms with E-state index in [1.807, 2.05) is 0 Å². The number of aryl methyl sites for hydroxylation is 3. The Kier molecular flexibility index (Phi) is 5.33. The third-order valence-corrected chi connectivity index (χ3v) is 8.04. The van der Waals surface area contributed by atoms with Gasteiger partial charge in [0, 0.05) is 5.69 Å². The summed E-state index contributed by atoms with van der Waals surface area (Å²) in [4.78, 5) is 13.7. The summed E-state index contributed by atoms with van der Waals surface area (Å²) in [5, 5.41) is 3.29. The molecule has 0 aliphatic heterocycles. The average Bonchev–Trinajstić information content (AvgIpc) is 2.66. The number of hydrogen-bond donors (Lipinski definition) is 1. The smallest absolute Gasteiger partial charge is 0.230 e. The Balaban J connectivity index is 1.67. The zero-order valence-electron chi connectivity index (χ0n) is 19.6. The number of anilines is 1. The molecule has 2 aromatic carbocycles. The first-order chi connectivity index (χ1) is 14.1. The van der Waals surface area contributed by atoms with Gasteiger partial charge in [0.1, 0.15) is 0 Å². The van der Waals surface area contributed by atoms with E-state index in [4.69, 9.17) is 0 Å². The summed E-state index contributed by atoms with van der Waals surface area (Å²) in [5.41, 5.74) is 7.50. The van der Waals surface area contributed by atoms with Crippen LogP contribution < -0.4 is 5.32 Å². The molecule has 2 aliphatic carbocycles. The largest absolute Gasteiger partial charge is 0.326 e. The SMILES string of the molecule is Cc1cc(C)cc(NC(=O)[C@]2(C)CCC[C@]3(C)c4ccc(C(C)C)cc4CC[C@@H]23)c1. The summed E-state index contributed by atoms with van der Waals surface area (Å²) in [6.45, 7) is 13.4. The average molecular weight is 404 g/mol. The number of carbonyl (C=O) groups excluding carboxylic acids is 1. The van der Waals surface area contributed by atoms with Crippen LogP contribution in [0.25, 0.3) is 0 Å². The molecule has 2 heteroatoms. The maximum Gasteiger partial charge on any atom is 0.230 e. The number of carbonyl (C=O) groups is 1. The Morgan fingerprint density at radius 2 is 1.73 bits per heavy atom. The van der Waals surface area contributed by atoms with E-state index in [1.165, 1.54) is 34.2 Å². The van der Waals surface area contributed by atoms with E-state index in [-0.39, 0.29) is 16.7 Å². The molecule has 30 heavy (non-hydrogen) atoms. The second-order valence-corrected chi connectivity index (χ2v) is 10.7. The van der Waals surface area contributed by atoms with Gasteiger partial charge in [-0.3, -0.25) is 4.79 Å². The van der Waals surface area contributed by atoms with Crippen molar-refractivity contribution >= 4 is 11.6 Å². The summed E-state index contributed by atoms with van der Waals surface area (Å²) in [6.07, 6.45) is 5.45. The normalized spacial score (nSPS) is 28.0. The minimum atomic E-state index is -0.334. The van der Waals surface area contributed by atoms with Crippen molar-refractivity contribution in [1.29, 1.82) is 0 Å². The Bertz CT molecular complexity index is 954. The number of amides is 1. The molecule has 0 unspecified atom stereocenters. The zero-order valence-corrected chi connectivity index (χ0v) is 19.6. The van der Waals surface area contributed by atoms with Crippen LogP contribution in [0.2, 0.25) is 0 Å². The molecule has 1 fully saturated rings. The van der Waals surface area contributed by atoms with Gasteiger partial charge in [0.15, 0.2) is 0 Å². The predicted molar refractivity (Wildman–Crippen MR) is 126 cm³/mol. The van der Waals surface area contributed by atoms with Gasteiger partial charge < -0.3 is 5.32 Å². The molecule has 1 saturated carbocycles. The Hall–Kier alpha value is -2.09. The maximum atomic E-state index is 13.7. The topological polar surface area (TPSA) is 29.1 Å². The number of hydrogen-bond acceptors (Lipinski definition) is 1. The van der Waals surface area contributed by atoms with Gasteiger partial charge in [0.05, 0.1) is 5.41 Å². The van der Waals surface area contributed by atoms with E-state index >= 15 is 0 Å². The maximum absolute atomic E-state index is 13.7. The summed E-state index contributed by atoms with van der Waals surface area (Å²) >= 11 is 0. The first kappa shape index (κ1) is 21.2. The van der Waals surface area contributed by atoms with Gasteiger partial charge in [-0.2, -0.15) is 0 Å². The standard InChI is InChI=1S/C28H37NO/c1-18(2)21-8-10-24-22(17-21)9-11-25-27(24,5)12-7-13-28(25,6)26(30)29-23-15-19(3)14-20(4)16-23/h8,10,14-18,25H,7,9,11-13H2,1-6H3,(H,29,30)/t25-,27-,28-/m1/s1. The van der Waals surface area contributed by atoms with Crippen molar-refractivity contribution < 1.29 is 4.79 Å². The van der Waals surface area contributed by atoms with Crippen molar-refractivity contribution in [1.82, 2.24) is 0 Å². The van der Waals surface area contributed by atoms with Crippen LogP contribution in [0.5, 0.6) is 0 Å². The van der Waals surface area contributed by atoms with Crippen LogP contribution in [-0.4, -0.2) is 5.91 Å². The number of nitrogens with one attached hydrogen (secondary N) is 1. The van der Waals surface area contributed by atoms with Crippen molar-refractivity contribution in [3.8, 4) is 0 Å². The fourth-order valence-corrected chi connectivity index (χ4v) is 6.46. The second-order valence-electron chi connectivity index (χ2n) is 10.7. The van der Waals surface area contributed by atoms with E-state index in [2.05, 4.69) is 83.3 Å². The second kappa shape index (κ2) is 7.55. The quantitative estimate of drug-likeness (QED) is 0.583. The highest BCUT2D eigenvalue weighted by atomic mass is 16.2. The minimum Gasteiger partial charge on any atom is -0.326 e. The van der Waals surface area contributed by atoms with Gasteiger partial charge in [-0.05, 0) is 96.7 Å². The van der Waals surface area contributed by atoms with Crippen LogP contribution in [0, 0.1) is 25.2 Å². The fourth-order valence-electron chi connectivity index (χ4n) is 6.46. The molecule has 0 spiro atoms. The monoisotopic (exact) mass is 403 g/mol. The molecule has 0 aromatic heterocycles. The molecule has 0 bridgehead atoms. The lowest BCUT2D eigenvalue weighted by molar-refractivity contribution is -0.133. The molecule has 2 aliphatic rings. The lowest BCUT2D eigenvalue weighted by Gasteiger charge is -2.54. The highest BCUT2D eigenvalue weighted by Crippen LogP contribution is 2.57. The highest BCUT2D eigenvalue weighted by Gasteiger charge is 2.54. The summed E-state index contributed by atoms with van der Waals surface area (Å²) < 4.78 is 0. The molecule has 1 N–H and O–H groups in total. The molecule has 3 atom stereocenters. The Morgan fingerprint density at radius 3 is 2.40 bits per heavy atom. The van der Waals surface area contributed by atoms with Crippen LogP contribution in [0.15, 0.2) is 36.4 Å². The van der Waals surface area contributed by atoms with Crippen molar-refractivity contribution in [3.05, 3.63) is 64.2 Å². The van der Waals surface area contributed by atoms with Gasteiger partial charge >= 0.3 is 0 Å². The third kappa shape index (κ3) is 3.49. The van der Waals surface area contributed by atoms with E-state index < -0.39 is 0 Å². The van der Waals surface area contributed by atoms with E-state index in [1.54, 1.807) is 0 Å². The van der Waals surface area contributed by atoms with E-state index in [0.29, 0.717) is 11.8 Å². The van der Waals surface area contributed by atoms with Crippen LogP contribution in [0.1, 0.15) is 87.1 Å². The molecule has 160 valence electrons. The lowest BCUT2D eigenvalue weighted by atomic mass is 9.49. The number of fused-ring (bicyclic) bond motifs is 3. The van der Waals surface area contributed by atoms with Crippen LogP contribution in [0.4, 0.5) is 5.69 Å². The van der Waals surface area contributed by atoms with Crippen molar-refractivity contribution in [2.24, 2.45) is 11.3 Å². The molecule has 1 amide bonds. The van der Waals surface area contributed by atoms with Gasteiger partial charge in [-0.15, -0.1) is 0 Å². The first-order valence-electron chi connectivity index (χ1n) is 11.7. The summed E-state index contributed by atoms with van der Waals surface area (Å²) in [7, 11) is 0. The molecule has 0 radical (unpaired) electrons. The zero-order chi connectivity index (χ0) is 21.7. The molecule has 2 nitrogen and oxygen atoms in total. The molecule has 0 heterocycles. The minimum absolute atomic E-state index is 0.0793. The Morgan fingerprint density at radius 1 is 1.03 bits per heavy atom. The van der Waals surface area contributed by atoms with Crippen molar-refractivity contribution in [3.63, 3.8) is 0 Å². The predicted octanol–water partition coefficient (Wildman–Crippen LogP) is 7.08. The molecule has 4 rings (SSSR count). The number of rotatable bonds is 3. The van der Waals surface area contributed by atoms with Crippen molar-refractivity contribution in [2.45, 2.75) is 85.0 Å². The van der Waals surface area contributed by atoms with E-state index in [0.717, 1.165) is 31.4 Å². The highest BCUT2D eigenvalue weighted by molar-refractivity contribution is 5.95. The fraction of sp³-hybridized carbons (Fsp3) is 0.536. The van der Waals surface area contributed by atoms with E-state index in [9.17, 15) is 4.79 Å². The molecular formula is C28H37NO. The van der Waals surface area contributed by atoms with Gasteiger partial charge in [-0.1, -0.05) is 58.4 Å². The Labute approximate surface area is 182 Å².